The van der Waals surface area contributed by atoms with Crippen molar-refractivity contribution in [1.82, 2.24) is 14.6 Å². The average Bonchev–Trinajstić information content (AvgIpc) is 2.80. The van der Waals surface area contributed by atoms with Crippen LogP contribution in [-0.2, 0) is 6.61 Å². The molecule has 0 saturated carbocycles. The number of hydrogen-bond acceptors (Lipinski definition) is 3. The van der Waals surface area contributed by atoms with Gasteiger partial charge in [-0.3, -0.25) is 4.40 Å². The van der Waals surface area contributed by atoms with Gasteiger partial charge in [0.2, 0.25) is 0 Å². The first-order chi connectivity index (χ1) is 9.24. The number of rotatable bonds is 3. The Labute approximate surface area is 119 Å². The summed E-state index contributed by atoms with van der Waals surface area (Å²) in [5.41, 5.74) is 1.92. The molecule has 3 aromatic rings. The molecule has 0 unspecified atom stereocenters. The lowest BCUT2D eigenvalue weighted by atomic mass is 10.2. The van der Waals surface area contributed by atoms with Gasteiger partial charge in [-0.05, 0) is 46.6 Å². The SMILES string of the molecule is Cc1ccccc1OCc1nnc2ccc(Br)cn12. The number of halogens is 1. The van der Waals surface area contributed by atoms with Crippen molar-refractivity contribution in [3.8, 4) is 5.75 Å². The maximum atomic E-state index is 5.79. The maximum Gasteiger partial charge on any atom is 0.175 e. The molecule has 0 saturated heterocycles. The van der Waals surface area contributed by atoms with E-state index in [-0.39, 0.29) is 0 Å². The van der Waals surface area contributed by atoms with E-state index in [1.54, 1.807) is 0 Å². The van der Waals surface area contributed by atoms with Gasteiger partial charge in [0.1, 0.15) is 12.4 Å². The van der Waals surface area contributed by atoms with Crippen molar-refractivity contribution in [2.24, 2.45) is 0 Å². The second kappa shape index (κ2) is 5.01. The van der Waals surface area contributed by atoms with Gasteiger partial charge in [0, 0.05) is 10.7 Å². The number of aromatic nitrogens is 3. The summed E-state index contributed by atoms with van der Waals surface area (Å²) < 4.78 is 8.69. The molecular weight excluding hydrogens is 306 g/mol. The lowest BCUT2D eigenvalue weighted by Gasteiger charge is -2.07. The molecule has 3 rings (SSSR count). The molecule has 1 aromatic carbocycles. The summed E-state index contributed by atoms with van der Waals surface area (Å²) in [7, 11) is 0. The van der Waals surface area contributed by atoms with E-state index in [0.29, 0.717) is 6.61 Å². The minimum atomic E-state index is 0.391. The Morgan fingerprint density at radius 3 is 2.84 bits per heavy atom. The third-order valence-electron chi connectivity index (χ3n) is 2.89. The zero-order chi connectivity index (χ0) is 13.2. The van der Waals surface area contributed by atoms with Crippen molar-refractivity contribution in [1.29, 1.82) is 0 Å². The Morgan fingerprint density at radius 1 is 1.16 bits per heavy atom. The highest BCUT2D eigenvalue weighted by molar-refractivity contribution is 9.10. The molecule has 0 N–H and O–H groups in total. The molecule has 2 aromatic heterocycles. The molecule has 96 valence electrons. The van der Waals surface area contributed by atoms with Crippen LogP contribution in [0, 0.1) is 6.92 Å². The normalized spacial score (nSPS) is 10.8. The first-order valence-electron chi connectivity index (χ1n) is 5.91. The van der Waals surface area contributed by atoms with Crippen LogP contribution in [0.3, 0.4) is 0 Å². The Bertz CT molecular complexity index is 724. The quantitative estimate of drug-likeness (QED) is 0.743. The van der Waals surface area contributed by atoms with E-state index in [1.165, 1.54) is 0 Å². The second-order valence-electron chi connectivity index (χ2n) is 4.25. The highest BCUT2D eigenvalue weighted by Gasteiger charge is 2.07. The number of aryl methyl sites for hydroxylation is 1. The molecule has 0 aliphatic carbocycles. The van der Waals surface area contributed by atoms with Gasteiger partial charge in [-0.25, -0.2) is 0 Å². The highest BCUT2D eigenvalue weighted by atomic mass is 79.9. The van der Waals surface area contributed by atoms with Crippen LogP contribution in [0.15, 0.2) is 47.1 Å². The molecular formula is C14H12BrN3O. The lowest BCUT2D eigenvalue weighted by Crippen LogP contribution is -2.02. The van der Waals surface area contributed by atoms with Crippen LogP contribution >= 0.6 is 15.9 Å². The van der Waals surface area contributed by atoms with E-state index >= 15 is 0 Å². The van der Waals surface area contributed by atoms with E-state index in [0.717, 1.165) is 27.3 Å². The summed E-state index contributed by atoms with van der Waals surface area (Å²) in [6, 6.07) is 11.8. The lowest BCUT2D eigenvalue weighted by molar-refractivity contribution is 0.292. The Balaban J connectivity index is 1.86. The molecule has 0 fully saturated rings. The summed E-state index contributed by atoms with van der Waals surface area (Å²) >= 11 is 3.44. The smallest absolute Gasteiger partial charge is 0.175 e. The number of benzene rings is 1. The summed E-state index contributed by atoms with van der Waals surface area (Å²) in [5, 5.41) is 8.25. The third kappa shape index (κ3) is 2.46. The number of para-hydroxylation sites is 1. The summed E-state index contributed by atoms with van der Waals surface area (Å²) in [6.45, 7) is 2.41. The fraction of sp³-hybridized carbons (Fsp3) is 0.143. The Morgan fingerprint density at radius 2 is 2.00 bits per heavy atom. The molecule has 0 amide bonds. The summed E-state index contributed by atoms with van der Waals surface area (Å²) in [6.07, 6.45) is 1.94. The standard InChI is InChI=1S/C14H12BrN3O/c1-10-4-2-3-5-12(10)19-9-14-17-16-13-7-6-11(15)8-18(13)14/h2-8H,9H2,1H3. The number of hydrogen-bond donors (Lipinski definition) is 0. The number of nitrogens with zero attached hydrogens (tertiary/aromatic N) is 3. The third-order valence-corrected chi connectivity index (χ3v) is 3.36. The van der Waals surface area contributed by atoms with E-state index in [2.05, 4.69) is 26.1 Å². The number of fused-ring (bicyclic) bond motifs is 1. The average molecular weight is 318 g/mol. The molecule has 0 radical (unpaired) electrons. The molecule has 5 heteroatoms. The van der Waals surface area contributed by atoms with Gasteiger partial charge >= 0.3 is 0 Å². The molecule has 19 heavy (non-hydrogen) atoms. The zero-order valence-corrected chi connectivity index (χ0v) is 12.0. The fourth-order valence-electron chi connectivity index (χ4n) is 1.87. The predicted molar refractivity (Wildman–Crippen MR) is 76.2 cm³/mol. The zero-order valence-electron chi connectivity index (χ0n) is 10.4. The minimum Gasteiger partial charge on any atom is -0.485 e. The van der Waals surface area contributed by atoms with Gasteiger partial charge in [0.25, 0.3) is 0 Å². The van der Waals surface area contributed by atoms with Gasteiger partial charge in [-0.1, -0.05) is 18.2 Å². The first-order valence-corrected chi connectivity index (χ1v) is 6.71. The summed E-state index contributed by atoms with van der Waals surface area (Å²) in [5.74, 6) is 1.65. The van der Waals surface area contributed by atoms with Crippen LogP contribution < -0.4 is 4.74 Å². The number of ether oxygens (including phenoxy) is 1. The van der Waals surface area contributed by atoms with Gasteiger partial charge in [0.05, 0.1) is 0 Å². The van der Waals surface area contributed by atoms with E-state index < -0.39 is 0 Å². The molecule has 2 heterocycles. The molecule has 0 aliphatic rings. The van der Waals surface area contributed by atoms with Crippen molar-refractivity contribution < 1.29 is 4.74 Å². The molecule has 0 bridgehead atoms. The van der Waals surface area contributed by atoms with Crippen molar-refractivity contribution in [3.63, 3.8) is 0 Å². The molecule has 4 nitrogen and oxygen atoms in total. The van der Waals surface area contributed by atoms with Gasteiger partial charge in [-0.2, -0.15) is 0 Å². The second-order valence-corrected chi connectivity index (χ2v) is 5.16. The van der Waals surface area contributed by atoms with Crippen molar-refractivity contribution in [2.75, 3.05) is 0 Å². The largest absolute Gasteiger partial charge is 0.485 e. The van der Waals surface area contributed by atoms with Crippen molar-refractivity contribution in [2.45, 2.75) is 13.5 Å². The van der Waals surface area contributed by atoms with Gasteiger partial charge < -0.3 is 4.74 Å². The topological polar surface area (TPSA) is 39.4 Å². The van der Waals surface area contributed by atoms with Crippen LogP contribution in [0.1, 0.15) is 11.4 Å². The first kappa shape index (κ1) is 12.2. The van der Waals surface area contributed by atoms with Crippen LogP contribution in [0.4, 0.5) is 0 Å². The van der Waals surface area contributed by atoms with Gasteiger partial charge in [0.15, 0.2) is 11.5 Å². The van der Waals surface area contributed by atoms with E-state index in [4.69, 9.17) is 4.74 Å². The Hall–Kier alpha value is -1.88. The van der Waals surface area contributed by atoms with E-state index in [9.17, 15) is 0 Å². The van der Waals surface area contributed by atoms with Crippen LogP contribution in [-0.4, -0.2) is 14.6 Å². The van der Waals surface area contributed by atoms with Gasteiger partial charge in [-0.15, -0.1) is 10.2 Å². The van der Waals surface area contributed by atoms with Crippen LogP contribution in [0.5, 0.6) is 5.75 Å². The molecule has 0 spiro atoms. The van der Waals surface area contributed by atoms with Crippen LogP contribution in [0.2, 0.25) is 0 Å². The van der Waals surface area contributed by atoms with Crippen molar-refractivity contribution in [3.05, 3.63) is 58.5 Å². The summed E-state index contributed by atoms with van der Waals surface area (Å²) in [4.78, 5) is 0. The maximum absolute atomic E-state index is 5.79. The minimum absolute atomic E-state index is 0.391. The molecule has 0 atom stereocenters. The highest BCUT2D eigenvalue weighted by Crippen LogP contribution is 2.18. The fourth-order valence-corrected chi connectivity index (χ4v) is 2.21. The van der Waals surface area contributed by atoms with E-state index in [1.807, 2.05) is 53.9 Å². The Kier molecular flexibility index (Phi) is 3.21. The van der Waals surface area contributed by atoms with Crippen molar-refractivity contribution >= 4 is 21.6 Å². The molecule has 0 aliphatic heterocycles. The van der Waals surface area contributed by atoms with Crippen LogP contribution in [0.25, 0.3) is 5.65 Å². The monoisotopic (exact) mass is 317 g/mol. The predicted octanol–water partition coefficient (Wildman–Crippen LogP) is 3.38. The number of pyridine rings is 1.